The van der Waals surface area contributed by atoms with Crippen LogP contribution in [-0.4, -0.2) is 47.5 Å². The molecule has 19 heavy (non-hydrogen) atoms. The molecule has 0 saturated carbocycles. The summed E-state index contributed by atoms with van der Waals surface area (Å²) < 4.78 is 38.0. The molecule has 1 aromatic rings. The highest BCUT2D eigenvalue weighted by Crippen LogP contribution is 2.29. The van der Waals surface area contributed by atoms with E-state index in [2.05, 4.69) is 9.97 Å². The van der Waals surface area contributed by atoms with Crippen LogP contribution in [0.15, 0.2) is 6.07 Å². The molecule has 2 rings (SSSR count). The first-order chi connectivity index (χ1) is 8.90. The Bertz CT molecular complexity index is 469. The smallest absolute Gasteiger partial charge is 0.353 e. The number of anilines is 1. The van der Waals surface area contributed by atoms with Crippen LogP contribution in [0.4, 0.5) is 19.0 Å². The second-order valence-electron chi connectivity index (χ2n) is 4.28. The van der Waals surface area contributed by atoms with Gasteiger partial charge in [-0.05, 0) is 6.92 Å². The third-order valence-electron chi connectivity index (χ3n) is 2.90. The van der Waals surface area contributed by atoms with Gasteiger partial charge in [0.2, 0.25) is 6.41 Å². The third kappa shape index (κ3) is 3.12. The normalized spacial score (nSPS) is 16.6. The summed E-state index contributed by atoms with van der Waals surface area (Å²) in [6, 6.07) is 0.948. The van der Waals surface area contributed by atoms with Crippen LogP contribution in [-0.2, 0) is 11.0 Å². The van der Waals surface area contributed by atoms with E-state index in [1.54, 1.807) is 9.80 Å². The Kier molecular flexibility index (Phi) is 3.59. The molecule has 2 heterocycles. The molecule has 1 aromatic heterocycles. The van der Waals surface area contributed by atoms with E-state index in [-0.39, 0.29) is 11.6 Å². The first kappa shape index (κ1) is 13.6. The molecule has 5 nitrogen and oxygen atoms in total. The number of amides is 1. The summed E-state index contributed by atoms with van der Waals surface area (Å²) in [7, 11) is 0. The summed E-state index contributed by atoms with van der Waals surface area (Å²) in [5.74, 6) is 0.341. The van der Waals surface area contributed by atoms with E-state index < -0.39 is 11.9 Å². The van der Waals surface area contributed by atoms with Gasteiger partial charge in [-0.1, -0.05) is 0 Å². The fraction of sp³-hybridized carbons (Fsp3) is 0.545. The molecule has 1 amide bonds. The average molecular weight is 274 g/mol. The second-order valence-corrected chi connectivity index (χ2v) is 4.28. The van der Waals surface area contributed by atoms with Crippen LogP contribution in [0, 0.1) is 6.92 Å². The van der Waals surface area contributed by atoms with Crippen LogP contribution in [0.1, 0.15) is 11.5 Å². The molecule has 0 radical (unpaired) electrons. The Labute approximate surface area is 108 Å². The predicted molar refractivity (Wildman–Crippen MR) is 61.6 cm³/mol. The van der Waals surface area contributed by atoms with Gasteiger partial charge in [-0.25, -0.2) is 9.97 Å². The number of halogens is 3. The first-order valence-corrected chi connectivity index (χ1v) is 5.77. The lowest BCUT2D eigenvalue weighted by atomic mass is 10.3. The van der Waals surface area contributed by atoms with Gasteiger partial charge < -0.3 is 9.80 Å². The molecule has 0 N–H and O–H groups in total. The fourth-order valence-corrected chi connectivity index (χ4v) is 1.92. The summed E-state index contributed by atoms with van der Waals surface area (Å²) >= 11 is 0. The van der Waals surface area contributed by atoms with Crippen LogP contribution >= 0.6 is 0 Å². The number of carbonyl (C=O) groups excluding carboxylic acids is 1. The van der Waals surface area contributed by atoms with Crippen molar-refractivity contribution in [3.63, 3.8) is 0 Å². The van der Waals surface area contributed by atoms with Gasteiger partial charge in [0.1, 0.15) is 17.3 Å². The number of rotatable bonds is 2. The summed E-state index contributed by atoms with van der Waals surface area (Å²) in [6.45, 7) is 3.32. The van der Waals surface area contributed by atoms with E-state index in [9.17, 15) is 18.0 Å². The van der Waals surface area contributed by atoms with E-state index >= 15 is 0 Å². The molecule has 8 heteroatoms. The van der Waals surface area contributed by atoms with Crippen LogP contribution in [0.5, 0.6) is 0 Å². The Morgan fingerprint density at radius 1 is 1.21 bits per heavy atom. The number of carbonyl (C=O) groups is 1. The standard InChI is InChI=1S/C11H13F3N4O/c1-8-15-9(11(12,13)14)6-10(16-8)18-4-2-17(7-19)3-5-18/h6-7H,2-5H2,1H3. The highest BCUT2D eigenvalue weighted by Gasteiger charge is 2.34. The maximum absolute atomic E-state index is 12.7. The molecule has 0 spiro atoms. The largest absolute Gasteiger partial charge is 0.433 e. The molecule has 0 unspecified atom stereocenters. The number of piperazine rings is 1. The fourth-order valence-electron chi connectivity index (χ4n) is 1.92. The maximum Gasteiger partial charge on any atom is 0.433 e. The maximum atomic E-state index is 12.7. The van der Waals surface area contributed by atoms with Crippen molar-refractivity contribution in [3.8, 4) is 0 Å². The highest BCUT2D eigenvalue weighted by atomic mass is 19.4. The monoisotopic (exact) mass is 274 g/mol. The van der Waals surface area contributed by atoms with Gasteiger partial charge >= 0.3 is 6.18 Å². The van der Waals surface area contributed by atoms with Gasteiger partial charge in [0.15, 0.2) is 0 Å². The Morgan fingerprint density at radius 3 is 2.37 bits per heavy atom. The van der Waals surface area contributed by atoms with Gasteiger partial charge in [-0.3, -0.25) is 4.79 Å². The highest BCUT2D eigenvalue weighted by molar-refractivity contribution is 5.49. The zero-order valence-electron chi connectivity index (χ0n) is 10.3. The lowest BCUT2D eigenvalue weighted by Crippen LogP contribution is -2.46. The van der Waals surface area contributed by atoms with Crippen molar-refractivity contribution in [2.75, 3.05) is 31.1 Å². The minimum atomic E-state index is -4.48. The van der Waals surface area contributed by atoms with Crippen LogP contribution < -0.4 is 4.90 Å². The molecule has 0 aromatic carbocycles. The van der Waals surface area contributed by atoms with E-state index in [4.69, 9.17) is 0 Å². The minimum absolute atomic E-state index is 0.0858. The topological polar surface area (TPSA) is 49.3 Å². The number of hydrogen-bond donors (Lipinski definition) is 0. The molecular weight excluding hydrogens is 261 g/mol. The molecule has 0 aliphatic carbocycles. The number of nitrogens with zero attached hydrogens (tertiary/aromatic N) is 4. The molecule has 1 aliphatic rings. The average Bonchev–Trinajstić information content (AvgIpc) is 2.37. The molecule has 0 atom stereocenters. The number of hydrogen-bond acceptors (Lipinski definition) is 4. The van der Waals surface area contributed by atoms with Crippen molar-refractivity contribution < 1.29 is 18.0 Å². The molecule has 1 saturated heterocycles. The quantitative estimate of drug-likeness (QED) is 0.757. The Balaban J connectivity index is 2.21. The van der Waals surface area contributed by atoms with Gasteiger partial charge in [0.05, 0.1) is 0 Å². The summed E-state index contributed by atoms with van der Waals surface area (Å²) in [5, 5.41) is 0. The summed E-state index contributed by atoms with van der Waals surface area (Å²) in [6.07, 6.45) is -3.74. The predicted octanol–water partition coefficient (Wildman–Crippen LogP) is 1.08. The van der Waals surface area contributed by atoms with Crippen molar-refractivity contribution in [1.29, 1.82) is 0 Å². The van der Waals surface area contributed by atoms with Gasteiger partial charge in [0.25, 0.3) is 0 Å². The van der Waals surface area contributed by atoms with Crippen molar-refractivity contribution in [3.05, 3.63) is 17.6 Å². The number of aryl methyl sites for hydroxylation is 1. The zero-order chi connectivity index (χ0) is 14.0. The second kappa shape index (κ2) is 5.02. The minimum Gasteiger partial charge on any atom is -0.353 e. The molecule has 104 valence electrons. The lowest BCUT2D eigenvalue weighted by Gasteiger charge is -2.33. The first-order valence-electron chi connectivity index (χ1n) is 5.77. The van der Waals surface area contributed by atoms with E-state index in [0.29, 0.717) is 26.2 Å². The zero-order valence-corrected chi connectivity index (χ0v) is 10.3. The van der Waals surface area contributed by atoms with Crippen molar-refractivity contribution in [1.82, 2.24) is 14.9 Å². The van der Waals surface area contributed by atoms with Crippen LogP contribution in [0.3, 0.4) is 0 Å². The van der Waals surface area contributed by atoms with E-state index in [0.717, 1.165) is 12.5 Å². The molecule has 0 bridgehead atoms. The van der Waals surface area contributed by atoms with E-state index in [1.165, 1.54) is 6.92 Å². The SMILES string of the molecule is Cc1nc(N2CCN(C=O)CC2)cc(C(F)(F)F)n1. The lowest BCUT2D eigenvalue weighted by molar-refractivity contribution is -0.141. The summed E-state index contributed by atoms with van der Waals surface area (Å²) in [5.41, 5.74) is -0.937. The van der Waals surface area contributed by atoms with Crippen LogP contribution in [0.25, 0.3) is 0 Å². The number of alkyl halides is 3. The van der Waals surface area contributed by atoms with Gasteiger partial charge in [-0.15, -0.1) is 0 Å². The number of aromatic nitrogens is 2. The van der Waals surface area contributed by atoms with Gasteiger partial charge in [-0.2, -0.15) is 13.2 Å². The van der Waals surface area contributed by atoms with Crippen molar-refractivity contribution in [2.24, 2.45) is 0 Å². The van der Waals surface area contributed by atoms with Crippen molar-refractivity contribution in [2.45, 2.75) is 13.1 Å². The molecule has 1 aliphatic heterocycles. The molecule has 1 fully saturated rings. The van der Waals surface area contributed by atoms with Crippen molar-refractivity contribution >= 4 is 12.2 Å². The summed E-state index contributed by atoms with van der Waals surface area (Å²) in [4.78, 5) is 21.3. The van der Waals surface area contributed by atoms with E-state index in [1.807, 2.05) is 0 Å². The van der Waals surface area contributed by atoms with Crippen LogP contribution in [0.2, 0.25) is 0 Å². The third-order valence-corrected chi connectivity index (χ3v) is 2.90. The Hall–Kier alpha value is -1.86. The Morgan fingerprint density at radius 2 is 1.84 bits per heavy atom. The molecular formula is C11H13F3N4O. The van der Waals surface area contributed by atoms with Gasteiger partial charge in [0, 0.05) is 32.2 Å².